The quantitative estimate of drug-likeness (QED) is 0.292. The monoisotopic (exact) mass is 352 g/mol. The molecule has 2 fully saturated rings. The van der Waals surface area contributed by atoms with E-state index in [1.807, 2.05) is 0 Å². The van der Waals surface area contributed by atoms with Gasteiger partial charge in [-0.15, -0.1) is 0 Å². The second-order valence-corrected chi connectivity index (χ2v) is 9.45. The third-order valence-electron chi connectivity index (χ3n) is 7.60. The highest BCUT2D eigenvalue weighted by Crippen LogP contribution is 2.29. The summed E-state index contributed by atoms with van der Waals surface area (Å²) in [7, 11) is 0. The van der Waals surface area contributed by atoms with Gasteiger partial charge in [-0.2, -0.15) is 0 Å². The van der Waals surface area contributed by atoms with Crippen LogP contribution >= 0.6 is 0 Å². The lowest BCUT2D eigenvalue weighted by Crippen LogP contribution is -2.53. The fraction of sp³-hybridized carbons (Fsp3) is 1.00. The van der Waals surface area contributed by atoms with Gasteiger partial charge in [0, 0.05) is 38.5 Å². The average Bonchev–Trinajstić information content (AvgIpc) is 3.26. The van der Waals surface area contributed by atoms with Gasteiger partial charge in [0.05, 0.1) is 51.9 Å². The Hall–Kier alpha value is -0.0800. The molecule has 0 N–H and O–H groups in total. The number of likely N-dealkylation sites (tertiary alicyclic amines) is 2. The maximum absolute atomic E-state index is 2.59. The molecule has 2 aliphatic rings. The molecule has 2 aliphatic heterocycles. The van der Waals surface area contributed by atoms with Gasteiger partial charge in [-0.1, -0.05) is 26.7 Å². The summed E-state index contributed by atoms with van der Waals surface area (Å²) < 4.78 is 2.94. The number of hydrogen-bond acceptors (Lipinski definition) is 0. The van der Waals surface area contributed by atoms with Gasteiger partial charge in [0.1, 0.15) is 0 Å². The third kappa shape index (κ3) is 6.24. The molecule has 0 radical (unpaired) electrons. The molecular weight excluding hydrogens is 304 g/mol. The predicted octanol–water partition coefficient (Wildman–Crippen LogP) is 5.76. The minimum atomic E-state index is 0.901. The highest BCUT2D eigenvalue weighted by Gasteiger charge is 2.37. The zero-order chi connectivity index (χ0) is 18.0. The largest absolute Gasteiger partial charge is 0.324 e. The summed E-state index contributed by atoms with van der Waals surface area (Å²) >= 11 is 0. The van der Waals surface area contributed by atoms with Crippen molar-refractivity contribution in [3.8, 4) is 0 Å². The second kappa shape index (κ2) is 10.9. The average molecular weight is 353 g/mol. The molecule has 2 saturated heterocycles. The summed E-state index contributed by atoms with van der Waals surface area (Å²) in [5.41, 5.74) is 0. The van der Waals surface area contributed by atoms with Gasteiger partial charge in [0.15, 0.2) is 0 Å². The topological polar surface area (TPSA) is 0 Å². The van der Waals surface area contributed by atoms with E-state index in [0.717, 1.165) is 6.04 Å². The van der Waals surface area contributed by atoms with Crippen LogP contribution in [0.1, 0.15) is 97.8 Å². The van der Waals surface area contributed by atoms with E-state index in [2.05, 4.69) is 20.8 Å². The highest BCUT2D eigenvalue weighted by atomic mass is 15.4. The second-order valence-electron chi connectivity index (χ2n) is 9.45. The van der Waals surface area contributed by atoms with Crippen molar-refractivity contribution in [2.75, 3.05) is 45.8 Å². The number of rotatable bonds is 13. The molecule has 2 heteroatoms. The van der Waals surface area contributed by atoms with Gasteiger partial charge in [0.25, 0.3) is 0 Å². The molecule has 148 valence electrons. The highest BCUT2D eigenvalue weighted by molar-refractivity contribution is 4.64. The first-order chi connectivity index (χ1) is 12.2. The van der Waals surface area contributed by atoms with Crippen molar-refractivity contribution in [2.45, 2.75) is 104 Å². The van der Waals surface area contributed by atoms with Crippen LogP contribution in [0.5, 0.6) is 0 Å². The minimum absolute atomic E-state index is 0.901. The Morgan fingerprint density at radius 2 is 1.16 bits per heavy atom. The van der Waals surface area contributed by atoms with E-state index in [4.69, 9.17) is 0 Å². The van der Waals surface area contributed by atoms with E-state index in [0.29, 0.717) is 0 Å². The fourth-order valence-corrected chi connectivity index (χ4v) is 5.79. The van der Waals surface area contributed by atoms with Crippen molar-refractivity contribution in [1.82, 2.24) is 0 Å². The van der Waals surface area contributed by atoms with Crippen molar-refractivity contribution in [1.29, 1.82) is 0 Å². The summed E-state index contributed by atoms with van der Waals surface area (Å²) in [4.78, 5) is 0. The summed E-state index contributed by atoms with van der Waals surface area (Å²) in [6.45, 7) is 17.6. The molecule has 0 aromatic carbocycles. The zero-order valence-electron chi connectivity index (χ0n) is 17.9. The van der Waals surface area contributed by atoms with Gasteiger partial charge in [-0.3, -0.25) is 0 Å². The predicted molar refractivity (Wildman–Crippen MR) is 111 cm³/mol. The van der Waals surface area contributed by atoms with E-state index >= 15 is 0 Å². The Morgan fingerprint density at radius 3 is 1.76 bits per heavy atom. The summed E-state index contributed by atoms with van der Waals surface area (Å²) in [5.74, 6) is 0. The molecule has 0 aromatic heterocycles. The maximum atomic E-state index is 2.59. The Bertz CT molecular complexity index is 340. The summed E-state index contributed by atoms with van der Waals surface area (Å²) in [6.07, 6.45) is 17.4. The van der Waals surface area contributed by atoms with Gasteiger partial charge in [0.2, 0.25) is 0 Å². The number of quaternary nitrogens is 2. The Morgan fingerprint density at radius 1 is 0.640 bits per heavy atom. The maximum Gasteiger partial charge on any atom is 0.0864 e. The molecule has 2 rings (SSSR count). The van der Waals surface area contributed by atoms with Crippen LogP contribution in [0, 0.1) is 0 Å². The van der Waals surface area contributed by atoms with Crippen molar-refractivity contribution >= 4 is 0 Å². The standard InChI is InChI=1S/C23H48N2/c1-4-6-8-16-24(17-10-11-18-24)19-14-15-23(3)25(20-9-7-5-2)21-12-13-22-25/h23H,4-22H2,1-3H3/q+2. The molecule has 0 saturated carbocycles. The lowest BCUT2D eigenvalue weighted by Gasteiger charge is -2.41. The molecule has 0 spiro atoms. The first-order valence-electron chi connectivity index (χ1n) is 11.9. The van der Waals surface area contributed by atoms with Crippen LogP contribution in [-0.4, -0.2) is 60.8 Å². The van der Waals surface area contributed by atoms with Crippen LogP contribution in [0.4, 0.5) is 0 Å². The van der Waals surface area contributed by atoms with Crippen LogP contribution in [0.25, 0.3) is 0 Å². The lowest BCUT2D eigenvalue weighted by atomic mass is 10.1. The molecule has 2 nitrogen and oxygen atoms in total. The zero-order valence-corrected chi connectivity index (χ0v) is 17.9. The molecule has 25 heavy (non-hydrogen) atoms. The Balaban J connectivity index is 1.79. The summed E-state index contributed by atoms with van der Waals surface area (Å²) in [6, 6.07) is 0.901. The SMILES string of the molecule is CCCCC[N+]1(CCCC(C)[N+]2(CCCCC)CCCC2)CCCC1. The van der Waals surface area contributed by atoms with Crippen molar-refractivity contribution < 1.29 is 8.97 Å². The number of hydrogen-bond donors (Lipinski definition) is 0. The Labute approximate surface area is 159 Å². The van der Waals surface area contributed by atoms with Gasteiger partial charge in [-0.25, -0.2) is 0 Å². The lowest BCUT2D eigenvalue weighted by molar-refractivity contribution is -0.940. The van der Waals surface area contributed by atoms with E-state index in [1.54, 1.807) is 0 Å². The first-order valence-corrected chi connectivity index (χ1v) is 11.9. The van der Waals surface area contributed by atoms with E-state index in [1.165, 1.54) is 132 Å². The van der Waals surface area contributed by atoms with E-state index in [9.17, 15) is 0 Å². The molecule has 1 unspecified atom stereocenters. The summed E-state index contributed by atoms with van der Waals surface area (Å²) in [5, 5.41) is 0. The van der Waals surface area contributed by atoms with Crippen LogP contribution in [0.3, 0.4) is 0 Å². The minimum Gasteiger partial charge on any atom is -0.324 e. The molecule has 0 bridgehead atoms. The third-order valence-corrected chi connectivity index (χ3v) is 7.60. The Kier molecular flexibility index (Phi) is 9.27. The van der Waals surface area contributed by atoms with E-state index in [-0.39, 0.29) is 0 Å². The first kappa shape index (κ1) is 21.2. The van der Waals surface area contributed by atoms with E-state index < -0.39 is 0 Å². The molecular formula is C23H48N2+2. The van der Waals surface area contributed by atoms with Gasteiger partial charge < -0.3 is 8.97 Å². The fourth-order valence-electron chi connectivity index (χ4n) is 5.79. The normalized spacial score (nSPS) is 23.2. The van der Waals surface area contributed by atoms with Crippen LogP contribution < -0.4 is 0 Å². The molecule has 2 heterocycles. The molecule has 0 amide bonds. The smallest absolute Gasteiger partial charge is 0.0864 e. The number of nitrogens with zero attached hydrogens (tertiary/aromatic N) is 2. The van der Waals surface area contributed by atoms with Crippen LogP contribution in [0.2, 0.25) is 0 Å². The molecule has 1 atom stereocenters. The van der Waals surface area contributed by atoms with Gasteiger partial charge >= 0.3 is 0 Å². The van der Waals surface area contributed by atoms with Crippen LogP contribution in [-0.2, 0) is 0 Å². The molecule has 0 aromatic rings. The van der Waals surface area contributed by atoms with Crippen LogP contribution in [0.15, 0.2) is 0 Å². The van der Waals surface area contributed by atoms with Crippen molar-refractivity contribution in [2.24, 2.45) is 0 Å². The van der Waals surface area contributed by atoms with Gasteiger partial charge in [-0.05, 0) is 32.6 Å². The van der Waals surface area contributed by atoms with Crippen molar-refractivity contribution in [3.05, 3.63) is 0 Å². The van der Waals surface area contributed by atoms with Crippen molar-refractivity contribution in [3.63, 3.8) is 0 Å². The number of unbranched alkanes of at least 4 members (excludes halogenated alkanes) is 4. The molecule has 0 aliphatic carbocycles.